The summed E-state index contributed by atoms with van der Waals surface area (Å²) < 4.78 is 0. The van der Waals surface area contributed by atoms with E-state index >= 15 is 0 Å². The quantitative estimate of drug-likeness (QED) is 0.490. The van der Waals surface area contributed by atoms with Gasteiger partial charge in [0.1, 0.15) is 5.75 Å². The summed E-state index contributed by atoms with van der Waals surface area (Å²) in [7, 11) is 0. The Morgan fingerprint density at radius 1 is 1.61 bits per heavy atom. The number of nitro benzene ring substituents is 1. The lowest BCUT2D eigenvalue weighted by molar-refractivity contribution is -0.385. The molecular weight excluding hydrogens is 256 g/mol. The SMILES string of the molecule is C=CCC[C@@H](N)c1c([N+](=O)[O-])ccc(C)c1O.Cl. The zero-order valence-corrected chi connectivity index (χ0v) is 10.9. The van der Waals surface area contributed by atoms with E-state index in [1.165, 1.54) is 12.1 Å². The van der Waals surface area contributed by atoms with Crippen LogP contribution in [-0.2, 0) is 0 Å². The number of phenols is 1. The zero-order chi connectivity index (χ0) is 13.0. The summed E-state index contributed by atoms with van der Waals surface area (Å²) in [6.07, 6.45) is 2.85. The first kappa shape index (κ1) is 16.4. The van der Waals surface area contributed by atoms with Gasteiger partial charge in [0.2, 0.25) is 0 Å². The van der Waals surface area contributed by atoms with Gasteiger partial charge in [-0.15, -0.1) is 19.0 Å². The summed E-state index contributed by atoms with van der Waals surface area (Å²) in [5.41, 5.74) is 6.53. The Hall–Kier alpha value is -1.59. The smallest absolute Gasteiger partial charge is 0.277 e. The molecule has 0 radical (unpaired) electrons. The highest BCUT2D eigenvalue weighted by Gasteiger charge is 2.24. The molecular formula is C12H17ClN2O3. The Kier molecular flexibility index (Phi) is 6.36. The first-order valence-corrected chi connectivity index (χ1v) is 5.32. The molecule has 1 aromatic carbocycles. The van der Waals surface area contributed by atoms with Crippen LogP contribution in [0.4, 0.5) is 5.69 Å². The lowest BCUT2D eigenvalue weighted by Crippen LogP contribution is -2.12. The van der Waals surface area contributed by atoms with Crippen LogP contribution in [0.3, 0.4) is 0 Å². The van der Waals surface area contributed by atoms with Crippen LogP contribution in [0.5, 0.6) is 5.75 Å². The van der Waals surface area contributed by atoms with E-state index in [2.05, 4.69) is 6.58 Å². The molecule has 5 nitrogen and oxygen atoms in total. The lowest BCUT2D eigenvalue weighted by atomic mass is 9.97. The number of rotatable bonds is 5. The summed E-state index contributed by atoms with van der Waals surface area (Å²) in [6, 6.07) is 2.32. The third kappa shape index (κ3) is 3.45. The molecule has 0 saturated carbocycles. The highest BCUT2D eigenvalue weighted by Crippen LogP contribution is 2.36. The van der Waals surface area contributed by atoms with Crippen molar-refractivity contribution in [1.82, 2.24) is 0 Å². The molecule has 0 aromatic heterocycles. The zero-order valence-electron chi connectivity index (χ0n) is 10.1. The van der Waals surface area contributed by atoms with Crippen molar-refractivity contribution in [2.24, 2.45) is 5.73 Å². The van der Waals surface area contributed by atoms with E-state index in [1.807, 2.05) is 0 Å². The van der Waals surface area contributed by atoms with Crippen molar-refractivity contribution in [2.75, 3.05) is 0 Å². The molecule has 0 fully saturated rings. The molecule has 0 aliphatic heterocycles. The second-order valence-electron chi connectivity index (χ2n) is 3.89. The molecule has 3 N–H and O–H groups in total. The number of nitrogens with two attached hydrogens (primary N) is 1. The number of hydrogen-bond acceptors (Lipinski definition) is 4. The highest BCUT2D eigenvalue weighted by molar-refractivity contribution is 5.85. The van der Waals surface area contributed by atoms with Gasteiger partial charge in [-0.05, 0) is 31.4 Å². The van der Waals surface area contributed by atoms with Crippen molar-refractivity contribution in [1.29, 1.82) is 0 Å². The number of benzene rings is 1. The summed E-state index contributed by atoms with van der Waals surface area (Å²) in [5.74, 6) is -0.0873. The van der Waals surface area contributed by atoms with Gasteiger partial charge in [0.25, 0.3) is 5.69 Å². The largest absolute Gasteiger partial charge is 0.507 e. The van der Waals surface area contributed by atoms with E-state index in [0.29, 0.717) is 18.4 Å². The van der Waals surface area contributed by atoms with Crippen molar-refractivity contribution < 1.29 is 10.0 Å². The van der Waals surface area contributed by atoms with Crippen molar-refractivity contribution in [2.45, 2.75) is 25.8 Å². The number of allylic oxidation sites excluding steroid dienone is 1. The maximum Gasteiger partial charge on any atom is 0.277 e. The van der Waals surface area contributed by atoms with E-state index in [1.54, 1.807) is 13.0 Å². The number of phenolic OH excluding ortho intramolecular Hbond substituents is 1. The maximum atomic E-state index is 10.9. The predicted molar refractivity (Wildman–Crippen MR) is 73.1 cm³/mol. The monoisotopic (exact) mass is 272 g/mol. The Bertz CT molecular complexity index is 449. The van der Waals surface area contributed by atoms with E-state index in [9.17, 15) is 15.2 Å². The second kappa shape index (κ2) is 6.98. The molecule has 18 heavy (non-hydrogen) atoms. The second-order valence-corrected chi connectivity index (χ2v) is 3.89. The molecule has 0 heterocycles. The van der Waals surface area contributed by atoms with Crippen LogP contribution < -0.4 is 5.73 Å². The number of nitro groups is 1. The summed E-state index contributed by atoms with van der Waals surface area (Å²) >= 11 is 0. The fourth-order valence-electron chi connectivity index (χ4n) is 1.67. The van der Waals surface area contributed by atoms with Crippen molar-refractivity contribution in [3.8, 4) is 5.75 Å². The van der Waals surface area contributed by atoms with Gasteiger partial charge in [-0.25, -0.2) is 0 Å². The van der Waals surface area contributed by atoms with E-state index in [-0.39, 0.29) is 29.4 Å². The summed E-state index contributed by atoms with van der Waals surface area (Å²) in [4.78, 5) is 10.4. The first-order chi connectivity index (χ1) is 7.99. The van der Waals surface area contributed by atoms with Gasteiger partial charge >= 0.3 is 0 Å². The molecule has 0 unspecified atom stereocenters. The Balaban J connectivity index is 0.00000289. The number of aryl methyl sites for hydroxylation is 1. The minimum atomic E-state index is -0.562. The Morgan fingerprint density at radius 2 is 2.22 bits per heavy atom. The van der Waals surface area contributed by atoms with Crippen molar-refractivity contribution in [3.05, 3.63) is 46.0 Å². The molecule has 0 spiro atoms. The molecule has 1 aromatic rings. The number of hydrogen-bond donors (Lipinski definition) is 2. The Labute approximate surface area is 112 Å². The highest BCUT2D eigenvalue weighted by atomic mass is 35.5. The first-order valence-electron chi connectivity index (χ1n) is 5.32. The molecule has 1 rings (SSSR count). The molecule has 6 heteroatoms. The van der Waals surface area contributed by atoms with E-state index < -0.39 is 11.0 Å². The van der Waals surface area contributed by atoms with Crippen molar-refractivity contribution in [3.63, 3.8) is 0 Å². The number of halogens is 1. The lowest BCUT2D eigenvalue weighted by Gasteiger charge is -2.14. The fourth-order valence-corrected chi connectivity index (χ4v) is 1.67. The normalized spacial score (nSPS) is 11.4. The molecule has 1 atom stereocenters. The van der Waals surface area contributed by atoms with Crippen LogP contribution in [0.25, 0.3) is 0 Å². The van der Waals surface area contributed by atoms with Crippen LogP contribution in [0.2, 0.25) is 0 Å². The predicted octanol–water partition coefficient (Wildman–Crippen LogP) is 3.00. The van der Waals surface area contributed by atoms with Gasteiger partial charge in [0.05, 0.1) is 10.5 Å². The van der Waals surface area contributed by atoms with E-state index in [4.69, 9.17) is 5.73 Å². The summed E-state index contributed by atoms with van der Waals surface area (Å²) in [5, 5.41) is 20.8. The molecule has 0 saturated heterocycles. The van der Waals surface area contributed by atoms with Gasteiger partial charge in [-0.2, -0.15) is 0 Å². The van der Waals surface area contributed by atoms with Gasteiger partial charge in [0.15, 0.2) is 0 Å². The van der Waals surface area contributed by atoms with Crippen LogP contribution >= 0.6 is 12.4 Å². The minimum Gasteiger partial charge on any atom is -0.507 e. The van der Waals surface area contributed by atoms with Crippen LogP contribution in [0.1, 0.15) is 30.0 Å². The van der Waals surface area contributed by atoms with Crippen LogP contribution in [0, 0.1) is 17.0 Å². The average Bonchev–Trinajstić information content (AvgIpc) is 2.28. The fraction of sp³-hybridized carbons (Fsp3) is 0.333. The van der Waals surface area contributed by atoms with Gasteiger partial charge in [-0.3, -0.25) is 10.1 Å². The van der Waals surface area contributed by atoms with E-state index in [0.717, 1.165) is 0 Å². The van der Waals surface area contributed by atoms with Gasteiger partial charge < -0.3 is 10.8 Å². The standard InChI is InChI=1S/C12H16N2O3.ClH/c1-3-4-5-9(13)11-10(14(16)17)7-6-8(2)12(11)15;/h3,6-7,9,15H,1,4-5,13H2,2H3;1H/t9-;/m1./s1. The topological polar surface area (TPSA) is 89.4 Å². The minimum absolute atomic E-state index is 0. The van der Waals surface area contributed by atoms with Gasteiger partial charge in [0, 0.05) is 12.1 Å². The number of aromatic hydroxyl groups is 1. The third-order valence-corrected chi connectivity index (χ3v) is 2.65. The molecule has 0 aliphatic carbocycles. The van der Waals surface area contributed by atoms with Crippen LogP contribution in [-0.4, -0.2) is 10.0 Å². The third-order valence-electron chi connectivity index (χ3n) is 2.65. The molecule has 0 amide bonds. The molecule has 0 bridgehead atoms. The molecule has 0 aliphatic rings. The van der Waals surface area contributed by atoms with Crippen molar-refractivity contribution >= 4 is 18.1 Å². The van der Waals surface area contributed by atoms with Gasteiger partial charge in [-0.1, -0.05) is 6.08 Å². The average molecular weight is 273 g/mol. The van der Waals surface area contributed by atoms with Crippen LogP contribution in [0.15, 0.2) is 24.8 Å². The molecule has 100 valence electrons. The number of nitrogens with zero attached hydrogens (tertiary/aromatic N) is 1. The summed E-state index contributed by atoms with van der Waals surface area (Å²) in [6.45, 7) is 5.26. The maximum absolute atomic E-state index is 10.9. The Morgan fingerprint density at radius 3 is 2.72 bits per heavy atom.